The van der Waals surface area contributed by atoms with Crippen LogP contribution in [0.4, 0.5) is 17.6 Å². The first-order chi connectivity index (χ1) is 15.3. The normalized spacial score (nSPS) is 14.8. The fourth-order valence-electron chi connectivity index (χ4n) is 3.30. The van der Waals surface area contributed by atoms with Crippen molar-refractivity contribution in [3.05, 3.63) is 54.1 Å². The molecule has 0 fully saturated rings. The van der Waals surface area contributed by atoms with E-state index in [0.29, 0.717) is 0 Å². The molecular formula is C25H28F4N2OS. The lowest BCUT2D eigenvalue weighted by Gasteiger charge is -2.30. The third-order valence-corrected chi connectivity index (χ3v) is 5.72. The molecule has 0 aromatic heterocycles. The molecule has 178 valence electrons. The van der Waals surface area contributed by atoms with Crippen molar-refractivity contribution < 1.29 is 22.4 Å². The number of rotatable bonds is 9. The van der Waals surface area contributed by atoms with Gasteiger partial charge in [0.05, 0.1) is 12.1 Å². The van der Waals surface area contributed by atoms with Gasteiger partial charge in [-0.25, -0.2) is 4.39 Å². The number of hydrogen-bond acceptors (Lipinski definition) is 3. The Bertz CT molecular complexity index is 960. The van der Waals surface area contributed by atoms with Crippen LogP contribution in [-0.2, 0) is 4.79 Å². The van der Waals surface area contributed by atoms with E-state index in [9.17, 15) is 22.4 Å². The topological polar surface area (TPSA) is 41.1 Å². The third-order valence-electron chi connectivity index (χ3n) is 4.98. The van der Waals surface area contributed by atoms with Crippen molar-refractivity contribution in [2.24, 2.45) is 0 Å². The second kappa shape index (κ2) is 11.1. The molecule has 0 aliphatic carbocycles. The van der Waals surface area contributed by atoms with Gasteiger partial charge in [-0.3, -0.25) is 10.1 Å². The number of nitrogens with one attached hydrogen (secondary N) is 2. The highest BCUT2D eigenvalue weighted by molar-refractivity contribution is 7.98. The number of thioether (sulfide) groups is 1. The zero-order valence-corrected chi connectivity index (χ0v) is 19.8. The largest absolute Gasteiger partial charge is 0.407 e. The predicted molar refractivity (Wildman–Crippen MR) is 126 cm³/mol. The van der Waals surface area contributed by atoms with Gasteiger partial charge in [0.1, 0.15) is 11.7 Å². The third kappa shape index (κ3) is 8.09. The summed E-state index contributed by atoms with van der Waals surface area (Å²) in [4.78, 5) is 13.7. The molecule has 3 nitrogen and oxygen atoms in total. The summed E-state index contributed by atoms with van der Waals surface area (Å²) in [6, 6.07) is 9.29. The van der Waals surface area contributed by atoms with E-state index in [1.807, 2.05) is 30.5 Å². The highest BCUT2D eigenvalue weighted by Crippen LogP contribution is 2.35. The van der Waals surface area contributed by atoms with Gasteiger partial charge in [0.2, 0.25) is 5.91 Å². The van der Waals surface area contributed by atoms with E-state index in [0.717, 1.165) is 16.0 Å². The van der Waals surface area contributed by atoms with Crippen molar-refractivity contribution in [3.8, 4) is 23.5 Å². The molecular weight excluding hydrogens is 452 g/mol. The minimum atomic E-state index is -4.71. The Balaban J connectivity index is 2.32. The molecule has 0 saturated heterocycles. The van der Waals surface area contributed by atoms with Crippen LogP contribution in [0.1, 0.15) is 38.8 Å². The van der Waals surface area contributed by atoms with Crippen molar-refractivity contribution >= 4 is 17.7 Å². The summed E-state index contributed by atoms with van der Waals surface area (Å²) >= 11 is 1.59. The first kappa shape index (κ1) is 26.7. The summed E-state index contributed by atoms with van der Waals surface area (Å²) in [6.07, 6.45) is 2.04. The van der Waals surface area contributed by atoms with E-state index >= 15 is 0 Å². The Labute approximate surface area is 196 Å². The van der Waals surface area contributed by atoms with Crippen molar-refractivity contribution in [1.29, 1.82) is 0 Å². The molecule has 0 spiro atoms. The highest BCUT2D eigenvalue weighted by atomic mass is 32.2. The quantitative estimate of drug-likeness (QED) is 0.266. The van der Waals surface area contributed by atoms with Crippen LogP contribution in [0.25, 0.3) is 11.1 Å². The van der Waals surface area contributed by atoms with E-state index in [2.05, 4.69) is 16.6 Å². The molecule has 0 aliphatic heterocycles. The lowest BCUT2D eigenvalue weighted by atomic mass is 9.96. The summed E-state index contributed by atoms with van der Waals surface area (Å²) in [5.41, 5.74) is -0.325. The monoisotopic (exact) mass is 480 g/mol. The maximum Gasteiger partial charge on any atom is 0.407 e. The number of hydrogen-bond donors (Lipinski definition) is 2. The molecule has 1 amide bonds. The lowest BCUT2D eigenvalue weighted by Crippen LogP contribution is -2.52. The number of carbonyl (C=O) groups is 1. The van der Waals surface area contributed by atoms with E-state index in [4.69, 9.17) is 6.42 Å². The Kier molecular flexibility index (Phi) is 8.98. The standard InChI is InChI=1S/C25H28F4N2OS/c1-6-16(2)30-23(32)21(15-24(3,4)26)31-22(25(27,28)29)19-9-7-17(8-10-19)18-11-13-20(33-5)14-12-18/h1,7-14,16,21-22,31H,15H2,2-5H3,(H,30,32). The van der Waals surface area contributed by atoms with Crippen molar-refractivity contribution in [3.63, 3.8) is 0 Å². The average molecular weight is 481 g/mol. The fourth-order valence-corrected chi connectivity index (χ4v) is 3.71. The highest BCUT2D eigenvalue weighted by Gasteiger charge is 2.43. The molecule has 33 heavy (non-hydrogen) atoms. The van der Waals surface area contributed by atoms with E-state index in [1.54, 1.807) is 23.9 Å². The molecule has 0 radical (unpaired) electrons. The second-order valence-corrected chi connectivity index (χ2v) is 9.24. The smallest absolute Gasteiger partial charge is 0.341 e. The van der Waals surface area contributed by atoms with Crippen LogP contribution in [0.15, 0.2) is 53.4 Å². The summed E-state index contributed by atoms with van der Waals surface area (Å²) in [7, 11) is 0. The molecule has 3 unspecified atom stereocenters. The molecule has 2 N–H and O–H groups in total. The molecule has 8 heteroatoms. The zero-order chi connectivity index (χ0) is 24.8. The van der Waals surface area contributed by atoms with Gasteiger partial charge in [-0.15, -0.1) is 18.2 Å². The van der Waals surface area contributed by atoms with Gasteiger partial charge in [-0.05, 0) is 55.9 Å². The van der Waals surface area contributed by atoms with Gasteiger partial charge in [0, 0.05) is 11.3 Å². The first-order valence-corrected chi connectivity index (χ1v) is 11.6. The van der Waals surface area contributed by atoms with Crippen LogP contribution in [0.2, 0.25) is 0 Å². The van der Waals surface area contributed by atoms with Crippen molar-refractivity contribution in [1.82, 2.24) is 10.6 Å². The van der Waals surface area contributed by atoms with Crippen LogP contribution in [0, 0.1) is 12.3 Å². The van der Waals surface area contributed by atoms with E-state index < -0.39 is 42.3 Å². The van der Waals surface area contributed by atoms with Gasteiger partial charge < -0.3 is 5.32 Å². The number of carbonyl (C=O) groups excluding carboxylic acids is 1. The van der Waals surface area contributed by atoms with Crippen LogP contribution in [0.3, 0.4) is 0 Å². The lowest BCUT2D eigenvalue weighted by molar-refractivity contribution is -0.161. The van der Waals surface area contributed by atoms with Gasteiger partial charge >= 0.3 is 6.18 Å². The van der Waals surface area contributed by atoms with Gasteiger partial charge in [0.15, 0.2) is 0 Å². The SMILES string of the molecule is C#CC(C)NC(=O)C(CC(C)(C)F)NC(c1ccc(-c2ccc(SC)cc2)cc1)C(F)(F)F. The number of benzene rings is 2. The number of amides is 1. The van der Waals surface area contributed by atoms with Gasteiger partial charge in [-0.2, -0.15) is 13.2 Å². The van der Waals surface area contributed by atoms with Crippen molar-refractivity contribution in [2.45, 2.75) is 62.1 Å². The number of terminal acetylenes is 1. The molecule has 0 heterocycles. The Morgan fingerprint density at radius 3 is 1.97 bits per heavy atom. The van der Waals surface area contributed by atoms with Crippen LogP contribution in [0.5, 0.6) is 0 Å². The number of alkyl halides is 4. The van der Waals surface area contributed by atoms with Gasteiger partial charge in [0.25, 0.3) is 0 Å². The summed E-state index contributed by atoms with van der Waals surface area (Å²) in [6.45, 7) is 3.93. The predicted octanol–water partition coefficient (Wildman–Crippen LogP) is 5.91. The van der Waals surface area contributed by atoms with E-state index in [-0.39, 0.29) is 5.56 Å². The average Bonchev–Trinajstić information content (AvgIpc) is 2.75. The Morgan fingerprint density at radius 2 is 1.55 bits per heavy atom. The van der Waals surface area contributed by atoms with Crippen LogP contribution in [-0.4, -0.2) is 36.1 Å². The molecule has 0 saturated carbocycles. The Morgan fingerprint density at radius 1 is 1.03 bits per heavy atom. The minimum Gasteiger partial charge on any atom is -0.341 e. The number of halogens is 4. The molecule has 3 atom stereocenters. The maximum absolute atomic E-state index is 14.3. The zero-order valence-electron chi connectivity index (χ0n) is 19.0. The summed E-state index contributed by atoms with van der Waals surface area (Å²) in [5, 5.41) is 4.75. The minimum absolute atomic E-state index is 0.0774. The van der Waals surface area contributed by atoms with E-state index in [1.165, 1.54) is 32.9 Å². The molecule has 0 bridgehead atoms. The van der Waals surface area contributed by atoms with Gasteiger partial charge in [-0.1, -0.05) is 42.3 Å². The fraction of sp³-hybridized carbons (Fsp3) is 0.400. The summed E-state index contributed by atoms with van der Waals surface area (Å²) < 4.78 is 56.2. The maximum atomic E-state index is 14.3. The van der Waals surface area contributed by atoms with Crippen LogP contribution >= 0.6 is 11.8 Å². The molecule has 2 aromatic carbocycles. The summed E-state index contributed by atoms with van der Waals surface area (Å²) in [5.74, 6) is 1.49. The molecule has 0 aliphatic rings. The molecule has 2 rings (SSSR count). The second-order valence-electron chi connectivity index (χ2n) is 8.36. The molecule has 2 aromatic rings. The van der Waals surface area contributed by atoms with Crippen LogP contribution < -0.4 is 10.6 Å². The Hall–Kier alpha value is -2.50. The van der Waals surface area contributed by atoms with Crippen molar-refractivity contribution in [2.75, 3.05) is 6.26 Å². The first-order valence-electron chi connectivity index (χ1n) is 10.4.